The molecule has 2 unspecified atom stereocenters. The molecule has 0 aliphatic carbocycles. The van der Waals surface area contributed by atoms with Gasteiger partial charge in [0.25, 0.3) is 5.91 Å². The third-order valence-corrected chi connectivity index (χ3v) is 4.39. The van der Waals surface area contributed by atoms with Crippen molar-refractivity contribution >= 4 is 23.7 Å². The van der Waals surface area contributed by atoms with Crippen LogP contribution in [0.25, 0.3) is 0 Å². The van der Waals surface area contributed by atoms with E-state index in [9.17, 15) is 24.3 Å². The molecule has 0 aliphatic heterocycles. The molecule has 174 valence electrons. The molecular formula is C21H29N5O6. The molecule has 3 amide bonds. The SMILES string of the molecule is CC(C)CC(NC(=O)C(Cc1c[nH]cn1)NC(=O)CNC(=O)c1ccccc1)C(=O)O.O. The van der Waals surface area contributed by atoms with Gasteiger partial charge >= 0.3 is 5.97 Å². The number of H-pyrrole nitrogens is 1. The lowest BCUT2D eigenvalue weighted by molar-refractivity contribution is -0.142. The molecule has 0 aliphatic rings. The maximum absolute atomic E-state index is 12.7. The largest absolute Gasteiger partial charge is 0.480 e. The Labute approximate surface area is 185 Å². The van der Waals surface area contributed by atoms with Crippen LogP contribution in [0.1, 0.15) is 36.3 Å². The Hall–Kier alpha value is -3.73. The van der Waals surface area contributed by atoms with Gasteiger partial charge < -0.3 is 31.5 Å². The zero-order chi connectivity index (χ0) is 22.8. The second-order valence-corrected chi connectivity index (χ2v) is 7.46. The van der Waals surface area contributed by atoms with Crippen molar-refractivity contribution in [1.82, 2.24) is 25.9 Å². The highest BCUT2D eigenvalue weighted by Crippen LogP contribution is 2.07. The van der Waals surface area contributed by atoms with Crippen molar-refractivity contribution in [3.63, 3.8) is 0 Å². The number of amides is 3. The zero-order valence-electron chi connectivity index (χ0n) is 17.9. The number of carbonyl (C=O) groups excluding carboxylic acids is 3. The number of carboxylic acids is 1. The van der Waals surface area contributed by atoms with E-state index in [1.807, 2.05) is 13.8 Å². The summed E-state index contributed by atoms with van der Waals surface area (Å²) in [5.41, 5.74) is 0.920. The smallest absolute Gasteiger partial charge is 0.326 e. The monoisotopic (exact) mass is 447 g/mol. The number of benzene rings is 1. The van der Waals surface area contributed by atoms with Gasteiger partial charge in [0.2, 0.25) is 11.8 Å². The zero-order valence-corrected chi connectivity index (χ0v) is 17.9. The van der Waals surface area contributed by atoms with E-state index in [0.717, 1.165) is 0 Å². The lowest BCUT2D eigenvalue weighted by atomic mass is 10.0. The van der Waals surface area contributed by atoms with E-state index in [1.54, 1.807) is 36.5 Å². The number of rotatable bonds is 11. The van der Waals surface area contributed by atoms with Crippen LogP contribution in [-0.2, 0) is 20.8 Å². The van der Waals surface area contributed by atoms with Crippen LogP contribution in [0.4, 0.5) is 0 Å². The Kier molecular flexibility index (Phi) is 10.6. The number of hydrogen-bond donors (Lipinski definition) is 5. The number of imidazole rings is 1. The van der Waals surface area contributed by atoms with Gasteiger partial charge in [0, 0.05) is 18.2 Å². The maximum atomic E-state index is 12.7. The predicted octanol–water partition coefficient (Wildman–Crippen LogP) is -0.342. The Morgan fingerprint density at radius 2 is 1.75 bits per heavy atom. The van der Waals surface area contributed by atoms with Crippen LogP contribution in [0, 0.1) is 5.92 Å². The molecule has 0 fully saturated rings. The van der Waals surface area contributed by atoms with Crippen LogP contribution in [0.5, 0.6) is 0 Å². The third kappa shape index (κ3) is 8.56. The van der Waals surface area contributed by atoms with E-state index in [1.165, 1.54) is 6.33 Å². The number of carboxylic acid groups (broad SMARTS) is 1. The molecule has 11 nitrogen and oxygen atoms in total. The average Bonchev–Trinajstić information content (AvgIpc) is 3.24. The fraction of sp³-hybridized carbons (Fsp3) is 0.381. The molecule has 1 aromatic heterocycles. The van der Waals surface area contributed by atoms with Crippen molar-refractivity contribution in [2.45, 2.75) is 38.8 Å². The van der Waals surface area contributed by atoms with Crippen molar-refractivity contribution in [2.24, 2.45) is 5.92 Å². The number of aromatic nitrogens is 2. The van der Waals surface area contributed by atoms with E-state index in [0.29, 0.717) is 11.3 Å². The fourth-order valence-corrected chi connectivity index (χ4v) is 2.88. The Bertz CT molecular complexity index is 885. The van der Waals surface area contributed by atoms with E-state index in [-0.39, 0.29) is 30.8 Å². The normalized spacial score (nSPS) is 12.2. The molecule has 0 spiro atoms. The number of aliphatic carboxylic acids is 1. The highest BCUT2D eigenvalue weighted by atomic mass is 16.4. The van der Waals surface area contributed by atoms with E-state index >= 15 is 0 Å². The number of nitrogens with zero attached hydrogens (tertiary/aromatic N) is 1. The molecule has 0 saturated carbocycles. The van der Waals surface area contributed by atoms with Gasteiger partial charge in [-0.25, -0.2) is 9.78 Å². The van der Waals surface area contributed by atoms with Crippen molar-refractivity contribution in [3.8, 4) is 0 Å². The number of hydrogen-bond acceptors (Lipinski definition) is 5. The molecule has 0 bridgehead atoms. The second kappa shape index (κ2) is 12.8. The van der Waals surface area contributed by atoms with Gasteiger partial charge in [0.05, 0.1) is 18.6 Å². The summed E-state index contributed by atoms with van der Waals surface area (Å²) >= 11 is 0. The summed E-state index contributed by atoms with van der Waals surface area (Å²) < 4.78 is 0. The minimum atomic E-state index is -1.15. The molecule has 1 heterocycles. The second-order valence-electron chi connectivity index (χ2n) is 7.46. The molecule has 2 atom stereocenters. The predicted molar refractivity (Wildman–Crippen MR) is 116 cm³/mol. The molecule has 7 N–H and O–H groups in total. The van der Waals surface area contributed by atoms with Crippen molar-refractivity contribution in [1.29, 1.82) is 0 Å². The molecular weight excluding hydrogens is 418 g/mol. The van der Waals surface area contributed by atoms with Gasteiger partial charge in [-0.1, -0.05) is 32.0 Å². The number of carbonyl (C=O) groups is 4. The minimum Gasteiger partial charge on any atom is -0.480 e. The number of nitrogens with one attached hydrogen (secondary N) is 4. The summed E-state index contributed by atoms with van der Waals surface area (Å²) in [4.78, 5) is 55.5. The summed E-state index contributed by atoms with van der Waals surface area (Å²) in [5.74, 6) is -2.75. The fourth-order valence-electron chi connectivity index (χ4n) is 2.88. The first-order valence-electron chi connectivity index (χ1n) is 9.89. The van der Waals surface area contributed by atoms with Crippen molar-refractivity contribution in [2.75, 3.05) is 6.54 Å². The molecule has 2 rings (SSSR count). The Balaban J connectivity index is 0.00000512. The van der Waals surface area contributed by atoms with Gasteiger partial charge in [-0.3, -0.25) is 14.4 Å². The first kappa shape index (κ1) is 26.3. The molecule has 11 heteroatoms. The quantitative estimate of drug-likeness (QED) is 0.313. The topological polar surface area (TPSA) is 185 Å². The lowest BCUT2D eigenvalue weighted by Crippen LogP contribution is -2.54. The number of aromatic amines is 1. The highest BCUT2D eigenvalue weighted by Gasteiger charge is 2.27. The van der Waals surface area contributed by atoms with E-state index in [2.05, 4.69) is 25.9 Å². The first-order valence-corrected chi connectivity index (χ1v) is 9.89. The Morgan fingerprint density at radius 3 is 2.31 bits per heavy atom. The van der Waals surface area contributed by atoms with Gasteiger partial charge in [-0.15, -0.1) is 0 Å². The molecule has 1 aromatic carbocycles. The minimum absolute atomic E-state index is 0. The summed E-state index contributed by atoms with van der Waals surface area (Å²) in [6.07, 6.45) is 3.32. The van der Waals surface area contributed by atoms with Crippen molar-refractivity contribution in [3.05, 3.63) is 54.1 Å². The van der Waals surface area contributed by atoms with E-state index in [4.69, 9.17) is 0 Å². The van der Waals surface area contributed by atoms with Crippen LogP contribution < -0.4 is 16.0 Å². The summed E-state index contributed by atoms with van der Waals surface area (Å²) in [6, 6.07) is 6.27. The van der Waals surface area contributed by atoms with Gasteiger partial charge in [-0.2, -0.15) is 0 Å². The standard InChI is InChI=1S/C21H27N5O5.H2O/c1-13(2)8-17(21(30)31)26-20(29)16(9-15-10-22-12-24-15)25-18(27)11-23-19(28)14-6-4-3-5-7-14;/h3-7,10,12-13,16-17H,8-9,11H2,1-2H3,(H,22,24)(H,23,28)(H,25,27)(H,26,29)(H,30,31);1H2. The summed E-state index contributed by atoms with van der Waals surface area (Å²) in [7, 11) is 0. The van der Waals surface area contributed by atoms with Crippen LogP contribution >= 0.6 is 0 Å². The van der Waals surface area contributed by atoms with Crippen LogP contribution in [0.3, 0.4) is 0 Å². The molecule has 2 aromatic rings. The summed E-state index contributed by atoms with van der Waals surface area (Å²) in [5, 5.41) is 16.9. The molecule has 32 heavy (non-hydrogen) atoms. The third-order valence-electron chi connectivity index (χ3n) is 4.39. The van der Waals surface area contributed by atoms with Crippen molar-refractivity contribution < 1.29 is 29.8 Å². The summed E-state index contributed by atoms with van der Waals surface area (Å²) in [6.45, 7) is 3.35. The van der Waals surface area contributed by atoms with Crippen LogP contribution in [-0.4, -0.2) is 62.9 Å². The van der Waals surface area contributed by atoms with Gasteiger partial charge in [0.1, 0.15) is 12.1 Å². The van der Waals surface area contributed by atoms with Crippen LogP contribution in [0.2, 0.25) is 0 Å². The maximum Gasteiger partial charge on any atom is 0.326 e. The van der Waals surface area contributed by atoms with Gasteiger partial charge in [-0.05, 0) is 24.5 Å². The molecule has 0 saturated heterocycles. The average molecular weight is 447 g/mol. The molecule has 0 radical (unpaired) electrons. The van der Waals surface area contributed by atoms with E-state index < -0.39 is 35.8 Å². The first-order chi connectivity index (χ1) is 14.8. The highest BCUT2D eigenvalue weighted by molar-refractivity contribution is 5.97. The lowest BCUT2D eigenvalue weighted by Gasteiger charge is -2.22. The van der Waals surface area contributed by atoms with Gasteiger partial charge in [0.15, 0.2) is 0 Å². The Morgan fingerprint density at radius 1 is 1.06 bits per heavy atom. The van der Waals surface area contributed by atoms with Crippen LogP contribution in [0.15, 0.2) is 42.9 Å².